The van der Waals surface area contributed by atoms with Crippen molar-refractivity contribution >= 4 is 0 Å². The minimum atomic E-state index is -0.715. The van der Waals surface area contributed by atoms with Crippen molar-refractivity contribution in [1.29, 1.82) is 10.5 Å². The second-order valence-electron chi connectivity index (χ2n) is 3.11. The summed E-state index contributed by atoms with van der Waals surface area (Å²) >= 11 is 0. The van der Waals surface area contributed by atoms with Crippen LogP contribution >= 0.6 is 0 Å². The highest BCUT2D eigenvalue weighted by Gasteiger charge is 2.19. The summed E-state index contributed by atoms with van der Waals surface area (Å²) in [5, 5.41) is 17.5. The zero-order valence-corrected chi connectivity index (χ0v) is 8.44. The molecule has 4 nitrogen and oxygen atoms in total. The minimum absolute atomic E-state index is 0.715. The predicted molar refractivity (Wildman–Crippen MR) is 49.9 cm³/mol. The third-order valence-corrected chi connectivity index (χ3v) is 2.18. The van der Waals surface area contributed by atoms with Crippen LogP contribution in [0, 0.1) is 29.6 Å². The van der Waals surface area contributed by atoms with E-state index in [-0.39, 0.29) is 0 Å². The van der Waals surface area contributed by atoms with Gasteiger partial charge < -0.3 is 0 Å². The van der Waals surface area contributed by atoms with Gasteiger partial charge >= 0.3 is 0 Å². The van der Waals surface area contributed by atoms with Crippen molar-refractivity contribution in [3.63, 3.8) is 0 Å². The average molecular weight is 189 g/mol. The summed E-state index contributed by atoms with van der Waals surface area (Å²) in [6.45, 7) is 4.93. The summed E-state index contributed by atoms with van der Waals surface area (Å²) in [6.07, 6.45) is 4.72. The van der Waals surface area contributed by atoms with Crippen molar-refractivity contribution in [2.45, 2.75) is 32.9 Å². The lowest BCUT2D eigenvalue weighted by Crippen LogP contribution is -2.35. The monoisotopic (exact) mass is 189 g/mol. The van der Waals surface area contributed by atoms with Crippen LogP contribution in [0.5, 0.6) is 0 Å². The van der Waals surface area contributed by atoms with Crippen LogP contribution in [0.3, 0.4) is 0 Å². The maximum Gasteiger partial charge on any atom is 0.272 e. The Bertz CT molecular complexity index is 377. The van der Waals surface area contributed by atoms with Crippen LogP contribution in [-0.4, -0.2) is 4.57 Å². The molecule has 72 valence electrons. The zero-order chi connectivity index (χ0) is 10.6. The third-order valence-electron chi connectivity index (χ3n) is 2.18. The van der Waals surface area contributed by atoms with Crippen molar-refractivity contribution in [3.8, 4) is 12.1 Å². The fourth-order valence-corrected chi connectivity index (χ4v) is 1.42. The molecule has 1 rings (SSSR count). The van der Waals surface area contributed by atoms with Gasteiger partial charge in [0.1, 0.15) is 24.5 Å². The number of rotatable bonds is 3. The van der Waals surface area contributed by atoms with E-state index in [0.29, 0.717) is 0 Å². The number of aryl methyl sites for hydroxylation is 1. The van der Waals surface area contributed by atoms with Gasteiger partial charge in [-0.15, -0.1) is 0 Å². The van der Waals surface area contributed by atoms with Crippen LogP contribution in [0.1, 0.15) is 25.2 Å². The molecular formula is C10H13N4+. The Morgan fingerprint density at radius 2 is 2.14 bits per heavy atom. The van der Waals surface area contributed by atoms with Gasteiger partial charge in [0.25, 0.3) is 11.9 Å². The average Bonchev–Trinajstić information content (AvgIpc) is 2.53. The molecule has 0 aliphatic rings. The van der Waals surface area contributed by atoms with E-state index in [4.69, 9.17) is 10.5 Å². The summed E-state index contributed by atoms with van der Waals surface area (Å²) in [4.78, 5) is 0. The van der Waals surface area contributed by atoms with E-state index in [1.165, 1.54) is 0 Å². The Labute approximate surface area is 83.6 Å². The van der Waals surface area contributed by atoms with E-state index in [9.17, 15) is 0 Å². The molecule has 0 aliphatic carbocycles. The van der Waals surface area contributed by atoms with Crippen LogP contribution in [0.15, 0.2) is 12.4 Å². The van der Waals surface area contributed by atoms with E-state index in [0.717, 1.165) is 18.8 Å². The van der Waals surface area contributed by atoms with Gasteiger partial charge in [0.2, 0.25) is 0 Å². The van der Waals surface area contributed by atoms with E-state index in [1.807, 2.05) is 29.8 Å². The van der Waals surface area contributed by atoms with Gasteiger partial charge in [-0.25, -0.2) is 9.13 Å². The summed E-state index contributed by atoms with van der Waals surface area (Å²) in [5.41, 5.74) is 0. The van der Waals surface area contributed by atoms with Gasteiger partial charge in [-0.2, -0.15) is 10.5 Å². The maximum atomic E-state index is 8.74. The van der Waals surface area contributed by atoms with Crippen molar-refractivity contribution < 1.29 is 4.57 Å². The van der Waals surface area contributed by atoms with Crippen molar-refractivity contribution in [3.05, 3.63) is 18.2 Å². The SMILES string of the molecule is CCC[n+]1ccn(C(C#N)C#N)c1C. The second kappa shape index (κ2) is 4.43. The molecule has 14 heavy (non-hydrogen) atoms. The van der Waals surface area contributed by atoms with Crippen LogP contribution in [0.2, 0.25) is 0 Å². The Kier molecular flexibility index (Phi) is 3.25. The van der Waals surface area contributed by atoms with Crippen LogP contribution in [0.25, 0.3) is 0 Å². The van der Waals surface area contributed by atoms with Crippen LogP contribution < -0.4 is 4.57 Å². The topological polar surface area (TPSA) is 56.4 Å². The lowest BCUT2D eigenvalue weighted by Gasteiger charge is -1.98. The van der Waals surface area contributed by atoms with Gasteiger partial charge in [-0.1, -0.05) is 6.92 Å². The van der Waals surface area contributed by atoms with E-state index >= 15 is 0 Å². The molecule has 0 saturated heterocycles. The largest absolute Gasteiger partial charge is 0.272 e. The lowest BCUT2D eigenvalue weighted by molar-refractivity contribution is -0.702. The third kappa shape index (κ3) is 1.75. The molecule has 1 aromatic heterocycles. The van der Waals surface area contributed by atoms with Crippen molar-refractivity contribution in [2.75, 3.05) is 0 Å². The molecule has 0 aromatic carbocycles. The molecule has 1 aromatic rings. The Morgan fingerprint density at radius 3 is 2.64 bits per heavy atom. The number of hydrogen-bond donors (Lipinski definition) is 0. The van der Waals surface area contributed by atoms with Crippen molar-refractivity contribution in [2.24, 2.45) is 0 Å². The van der Waals surface area contributed by atoms with E-state index in [1.54, 1.807) is 10.8 Å². The van der Waals surface area contributed by atoms with Gasteiger partial charge in [-0.3, -0.25) is 0 Å². The zero-order valence-electron chi connectivity index (χ0n) is 8.44. The quantitative estimate of drug-likeness (QED) is 0.668. The van der Waals surface area contributed by atoms with Crippen molar-refractivity contribution in [1.82, 2.24) is 4.57 Å². The predicted octanol–water partition coefficient (Wildman–Crippen LogP) is 1.08. The van der Waals surface area contributed by atoms with Gasteiger partial charge in [0.05, 0.1) is 6.54 Å². The molecule has 1 heterocycles. The Hall–Kier alpha value is -1.81. The first-order valence-corrected chi connectivity index (χ1v) is 4.60. The molecule has 0 radical (unpaired) electrons. The molecule has 0 aliphatic heterocycles. The summed E-state index contributed by atoms with van der Waals surface area (Å²) < 4.78 is 3.73. The molecule has 0 bridgehead atoms. The molecule has 0 spiro atoms. The lowest BCUT2D eigenvalue weighted by atomic mass is 10.3. The normalized spacial score (nSPS) is 9.79. The highest BCUT2D eigenvalue weighted by Crippen LogP contribution is 2.05. The number of nitriles is 2. The van der Waals surface area contributed by atoms with Crippen LogP contribution in [0.4, 0.5) is 0 Å². The summed E-state index contributed by atoms with van der Waals surface area (Å²) in [5.74, 6) is 0.944. The van der Waals surface area contributed by atoms with Gasteiger partial charge in [0, 0.05) is 6.92 Å². The maximum absolute atomic E-state index is 8.74. The molecule has 0 fully saturated rings. The molecule has 0 saturated carbocycles. The Balaban J connectivity index is 3.02. The fourth-order valence-electron chi connectivity index (χ4n) is 1.42. The number of hydrogen-bond acceptors (Lipinski definition) is 2. The number of aromatic nitrogens is 2. The highest BCUT2D eigenvalue weighted by molar-refractivity contribution is 5.07. The Morgan fingerprint density at radius 1 is 1.50 bits per heavy atom. The molecule has 0 atom stereocenters. The molecule has 0 unspecified atom stereocenters. The molecule has 4 heteroatoms. The molecule has 0 N–H and O–H groups in total. The number of nitrogens with zero attached hydrogens (tertiary/aromatic N) is 4. The fraction of sp³-hybridized carbons (Fsp3) is 0.500. The summed E-state index contributed by atoms with van der Waals surface area (Å²) in [6, 6.07) is 3.19. The number of imidazole rings is 1. The highest BCUT2D eigenvalue weighted by atomic mass is 15.2. The molecule has 0 amide bonds. The summed E-state index contributed by atoms with van der Waals surface area (Å²) in [7, 11) is 0. The van der Waals surface area contributed by atoms with E-state index in [2.05, 4.69) is 6.92 Å². The first-order chi connectivity index (χ1) is 6.74. The van der Waals surface area contributed by atoms with Gasteiger partial charge in [-0.05, 0) is 6.42 Å². The molecular weight excluding hydrogens is 176 g/mol. The standard InChI is InChI=1S/C10H13N4/c1-3-4-13-5-6-14(9(13)2)10(7-11)8-12/h5-6,10H,3-4H2,1-2H3/q+1. The smallest absolute Gasteiger partial charge is 0.234 e. The van der Waals surface area contributed by atoms with Gasteiger partial charge in [0.15, 0.2) is 0 Å². The van der Waals surface area contributed by atoms with Crippen LogP contribution in [-0.2, 0) is 6.54 Å². The van der Waals surface area contributed by atoms with E-state index < -0.39 is 6.04 Å². The second-order valence-corrected chi connectivity index (χ2v) is 3.11. The first-order valence-electron chi connectivity index (χ1n) is 4.60. The minimum Gasteiger partial charge on any atom is -0.234 e. The first kappa shape index (κ1) is 10.3.